The van der Waals surface area contributed by atoms with Gasteiger partial charge in [0.1, 0.15) is 17.3 Å². The number of sulfonamides is 1. The summed E-state index contributed by atoms with van der Waals surface area (Å²) in [6.07, 6.45) is 0. The van der Waals surface area contributed by atoms with E-state index in [4.69, 9.17) is 14.2 Å². The molecule has 0 saturated carbocycles. The van der Waals surface area contributed by atoms with Gasteiger partial charge in [-0.15, -0.1) is 0 Å². The summed E-state index contributed by atoms with van der Waals surface area (Å²) in [5.74, 6) is -0.433. The second kappa shape index (κ2) is 10.2. The average Bonchev–Trinajstić information content (AvgIpc) is 2.88. The highest BCUT2D eigenvalue weighted by atomic mass is 32.2. The number of rotatable bonds is 7. The van der Waals surface area contributed by atoms with Gasteiger partial charge in [0.05, 0.1) is 25.9 Å². The van der Waals surface area contributed by atoms with Crippen molar-refractivity contribution in [2.75, 3.05) is 33.4 Å². The Labute approximate surface area is 193 Å². The van der Waals surface area contributed by atoms with Gasteiger partial charge in [-0.2, -0.15) is 4.31 Å². The molecular weight excluding hydrogens is 442 g/mol. The van der Waals surface area contributed by atoms with Gasteiger partial charge in [0, 0.05) is 13.1 Å². The van der Waals surface area contributed by atoms with Crippen LogP contribution in [0.15, 0.2) is 77.7 Å². The van der Waals surface area contributed by atoms with Gasteiger partial charge < -0.3 is 14.2 Å². The first-order valence-corrected chi connectivity index (χ1v) is 12.0. The summed E-state index contributed by atoms with van der Waals surface area (Å²) in [6.45, 7) is 1.22. The number of methoxy groups -OCH3 is 1. The Balaban J connectivity index is 1.48. The lowest BCUT2D eigenvalue weighted by Crippen LogP contribution is -2.40. The molecule has 1 fully saturated rings. The van der Waals surface area contributed by atoms with E-state index < -0.39 is 16.0 Å². The minimum atomic E-state index is -3.84. The molecule has 0 N–H and O–H groups in total. The average molecular weight is 468 g/mol. The minimum Gasteiger partial charge on any atom is -0.495 e. The van der Waals surface area contributed by atoms with Crippen molar-refractivity contribution in [3.63, 3.8) is 0 Å². The van der Waals surface area contributed by atoms with E-state index in [9.17, 15) is 13.2 Å². The summed E-state index contributed by atoms with van der Waals surface area (Å²) in [5, 5.41) is 0. The van der Waals surface area contributed by atoms with Gasteiger partial charge in [-0.3, -0.25) is 0 Å². The SMILES string of the molecule is COc1ccc(C(=O)OCc2ccc(-c3ccccc3)cc2)cc1S(=O)(=O)N1CCOCC1. The third kappa shape index (κ3) is 5.24. The van der Waals surface area contributed by atoms with Crippen LogP contribution >= 0.6 is 0 Å². The Hall–Kier alpha value is -3.20. The molecule has 0 aromatic heterocycles. The van der Waals surface area contributed by atoms with Crippen LogP contribution in [0.4, 0.5) is 0 Å². The molecule has 0 spiro atoms. The maximum atomic E-state index is 13.1. The lowest BCUT2D eigenvalue weighted by Gasteiger charge is -2.26. The number of ether oxygens (including phenoxy) is 3. The number of carbonyl (C=O) groups excluding carboxylic acids is 1. The smallest absolute Gasteiger partial charge is 0.338 e. The Kier molecular flexibility index (Phi) is 7.08. The number of hydrogen-bond acceptors (Lipinski definition) is 6. The Morgan fingerprint density at radius 1 is 0.939 bits per heavy atom. The second-order valence-corrected chi connectivity index (χ2v) is 9.43. The summed E-state index contributed by atoms with van der Waals surface area (Å²) in [5.41, 5.74) is 3.15. The van der Waals surface area contributed by atoms with Gasteiger partial charge in [0.25, 0.3) is 0 Å². The van der Waals surface area contributed by atoms with Crippen molar-refractivity contribution >= 4 is 16.0 Å². The first-order valence-electron chi connectivity index (χ1n) is 10.6. The monoisotopic (exact) mass is 467 g/mol. The molecule has 0 amide bonds. The molecule has 0 aliphatic carbocycles. The summed E-state index contributed by atoms with van der Waals surface area (Å²) < 4.78 is 43.5. The van der Waals surface area contributed by atoms with Crippen molar-refractivity contribution < 1.29 is 27.4 Å². The fourth-order valence-corrected chi connectivity index (χ4v) is 5.18. The predicted octanol–water partition coefficient (Wildman–Crippen LogP) is 3.74. The van der Waals surface area contributed by atoms with Crippen molar-refractivity contribution in [3.05, 3.63) is 83.9 Å². The van der Waals surface area contributed by atoms with E-state index in [-0.39, 0.29) is 35.9 Å². The van der Waals surface area contributed by atoms with Crippen LogP contribution in [0.25, 0.3) is 11.1 Å². The highest BCUT2D eigenvalue weighted by molar-refractivity contribution is 7.89. The summed E-state index contributed by atoms with van der Waals surface area (Å²) >= 11 is 0. The van der Waals surface area contributed by atoms with E-state index in [1.807, 2.05) is 54.6 Å². The summed E-state index contributed by atoms with van der Waals surface area (Å²) in [6, 6.07) is 22.0. The number of morpholine rings is 1. The van der Waals surface area contributed by atoms with Gasteiger partial charge in [0.15, 0.2) is 0 Å². The number of nitrogens with zero attached hydrogens (tertiary/aromatic N) is 1. The molecule has 0 atom stereocenters. The maximum Gasteiger partial charge on any atom is 0.338 e. The molecule has 1 aliphatic rings. The molecule has 4 rings (SSSR count). The number of esters is 1. The van der Waals surface area contributed by atoms with E-state index in [1.54, 1.807) is 0 Å². The molecule has 3 aromatic carbocycles. The molecule has 1 heterocycles. The zero-order valence-corrected chi connectivity index (χ0v) is 19.1. The van der Waals surface area contributed by atoms with Gasteiger partial charge >= 0.3 is 5.97 Å². The van der Waals surface area contributed by atoms with Crippen molar-refractivity contribution in [2.45, 2.75) is 11.5 Å². The third-order valence-corrected chi connectivity index (χ3v) is 7.34. The van der Waals surface area contributed by atoms with Crippen LogP contribution in [0, 0.1) is 0 Å². The minimum absolute atomic E-state index is 0.0615. The first-order chi connectivity index (χ1) is 16.0. The fraction of sp³-hybridized carbons (Fsp3) is 0.240. The maximum absolute atomic E-state index is 13.1. The van der Waals surface area contributed by atoms with Gasteiger partial charge in [-0.25, -0.2) is 13.2 Å². The zero-order valence-electron chi connectivity index (χ0n) is 18.3. The van der Waals surface area contributed by atoms with Crippen LogP contribution < -0.4 is 4.74 Å². The number of hydrogen-bond donors (Lipinski definition) is 0. The normalized spacial score (nSPS) is 14.6. The Bertz CT molecular complexity index is 1200. The van der Waals surface area contributed by atoms with Crippen LogP contribution in [0.1, 0.15) is 15.9 Å². The molecule has 3 aromatic rings. The standard InChI is InChI=1S/C25H25NO6S/c1-30-23-12-11-22(17-24(23)33(28,29)26-13-15-31-16-14-26)25(27)32-18-19-7-9-21(10-8-19)20-5-3-2-4-6-20/h2-12,17H,13-16,18H2,1H3. The predicted molar refractivity (Wildman–Crippen MR) is 124 cm³/mol. The number of carbonyl (C=O) groups is 1. The Morgan fingerprint density at radius 3 is 2.27 bits per heavy atom. The van der Waals surface area contributed by atoms with Crippen LogP contribution in [0.2, 0.25) is 0 Å². The van der Waals surface area contributed by atoms with Crippen molar-refractivity contribution in [1.29, 1.82) is 0 Å². The molecule has 1 saturated heterocycles. The van der Waals surface area contributed by atoms with Gasteiger partial charge in [-0.1, -0.05) is 54.6 Å². The van der Waals surface area contributed by atoms with Crippen LogP contribution in [0.3, 0.4) is 0 Å². The molecule has 1 aliphatic heterocycles. The summed E-state index contributed by atoms with van der Waals surface area (Å²) in [7, 11) is -2.44. The molecule has 0 bridgehead atoms. The fourth-order valence-electron chi connectivity index (χ4n) is 3.59. The van der Waals surface area contributed by atoms with E-state index >= 15 is 0 Å². The van der Waals surface area contributed by atoms with Crippen molar-refractivity contribution in [2.24, 2.45) is 0 Å². The third-order valence-electron chi connectivity index (χ3n) is 5.42. The topological polar surface area (TPSA) is 82.1 Å². The van der Waals surface area contributed by atoms with Gasteiger partial charge in [0.2, 0.25) is 10.0 Å². The van der Waals surface area contributed by atoms with Gasteiger partial charge in [-0.05, 0) is 34.9 Å². The first kappa shape index (κ1) is 23.0. The summed E-state index contributed by atoms with van der Waals surface area (Å²) in [4.78, 5) is 12.6. The molecule has 7 nitrogen and oxygen atoms in total. The van der Waals surface area contributed by atoms with Crippen LogP contribution in [0.5, 0.6) is 5.75 Å². The van der Waals surface area contributed by atoms with E-state index in [1.165, 1.54) is 29.6 Å². The Morgan fingerprint density at radius 2 is 1.61 bits per heavy atom. The quantitative estimate of drug-likeness (QED) is 0.493. The van der Waals surface area contributed by atoms with Crippen molar-refractivity contribution in [1.82, 2.24) is 4.31 Å². The van der Waals surface area contributed by atoms with E-state index in [0.717, 1.165) is 16.7 Å². The second-order valence-electron chi connectivity index (χ2n) is 7.52. The lowest BCUT2D eigenvalue weighted by molar-refractivity contribution is 0.0472. The molecule has 33 heavy (non-hydrogen) atoms. The molecule has 0 unspecified atom stereocenters. The number of benzene rings is 3. The molecule has 8 heteroatoms. The van der Waals surface area contributed by atoms with Crippen LogP contribution in [-0.4, -0.2) is 52.1 Å². The molecule has 0 radical (unpaired) electrons. The van der Waals surface area contributed by atoms with Crippen molar-refractivity contribution in [3.8, 4) is 16.9 Å². The lowest BCUT2D eigenvalue weighted by atomic mass is 10.0. The highest BCUT2D eigenvalue weighted by Gasteiger charge is 2.30. The molecule has 172 valence electrons. The largest absolute Gasteiger partial charge is 0.495 e. The molecular formula is C25H25NO6S. The zero-order chi connectivity index (χ0) is 23.3. The highest BCUT2D eigenvalue weighted by Crippen LogP contribution is 2.29. The van der Waals surface area contributed by atoms with E-state index in [0.29, 0.717) is 13.2 Å². The van der Waals surface area contributed by atoms with Crippen LogP contribution in [-0.2, 0) is 26.1 Å². The van der Waals surface area contributed by atoms with E-state index in [2.05, 4.69) is 0 Å².